The van der Waals surface area contributed by atoms with Crippen LogP contribution in [0.5, 0.6) is 17.2 Å². The first-order valence-electron chi connectivity index (χ1n) is 15.2. The van der Waals surface area contributed by atoms with E-state index in [0.29, 0.717) is 23.5 Å². The molecule has 1 saturated carbocycles. The molecule has 3 aliphatic heterocycles. The number of nitrogens with one attached hydrogen (secondary N) is 1. The fourth-order valence-corrected chi connectivity index (χ4v) is 6.96. The summed E-state index contributed by atoms with van der Waals surface area (Å²) in [4.78, 5) is 18.2. The normalized spacial score (nSPS) is 22.0. The Morgan fingerprint density at radius 2 is 1.74 bits per heavy atom. The van der Waals surface area contributed by atoms with E-state index in [1.165, 1.54) is 0 Å². The first-order chi connectivity index (χ1) is 20.0. The zero-order valence-electron chi connectivity index (χ0n) is 25.6. The predicted molar refractivity (Wildman–Crippen MR) is 159 cm³/mol. The fourth-order valence-electron chi connectivity index (χ4n) is 6.96. The fraction of sp³-hybridized carbons (Fsp3) is 0.576. The molecule has 1 N–H and O–H groups in total. The van der Waals surface area contributed by atoms with Crippen molar-refractivity contribution >= 4 is 17.3 Å². The molecule has 0 radical (unpaired) electrons. The lowest BCUT2D eigenvalue weighted by atomic mass is 9.84. The number of morpholine rings is 1. The number of hydrogen-bond acceptors (Lipinski definition) is 7. The van der Waals surface area contributed by atoms with E-state index in [1.54, 1.807) is 18.9 Å². The Morgan fingerprint density at radius 3 is 2.31 bits per heavy atom. The van der Waals surface area contributed by atoms with E-state index in [2.05, 4.69) is 25.7 Å². The van der Waals surface area contributed by atoms with Gasteiger partial charge in [-0.15, -0.1) is 0 Å². The molecular weight excluding hydrogens is 537 g/mol. The molecule has 2 atom stereocenters. The van der Waals surface area contributed by atoms with Gasteiger partial charge in [0, 0.05) is 24.2 Å². The average Bonchev–Trinajstić information content (AvgIpc) is 3.64. The molecule has 8 nitrogen and oxygen atoms in total. The summed E-state index contributed by atoms with van der Waals surface area (Å²) < 4.78 is 39.4. The summed E-state index contributed by atoms with van der Waals surface area (Å²) in [6.45, 7) is 12.1. The number of rotatable bonds is 9. The zero-order chi connectivity index (χ0) is 30.0. The van der Waals surface area contributed by atoms with Gasteiger partial charge in [-0.2, -0.15) is 0 Å². The number of methoxy groups -OCH3 is 1. The van der Waals surface area contributed by atoms with Crippen LogP contribution >= 0.6 is 0 Å². The quantitative estimate of drug-likeness (QED) is 0.376. The van der Waals surface area contributed by atoms with Crippen LogP contribution in [0.15, 0.2) is 18.2 Å². The van der Waals surface area contributed by atoms with E-state index in [-0.39, 0.29) is 53.7 Å². The van der Waals surface area contributed by atoms with Crippen molar-refractivity contribution in [1.82, 2.24) is 4.90 Å². The van der Waals surface area contributed by atoms with Crippen LogP contribution in [0.1, 0.15) is 87.4 Å². The maximum atomic E-state index is 15.9. The molecule has 9 heteroatoms. The molecule has 4 aliphatic rings. The molecule has 3 heterocycles. The minimum Gasteiger partial charge on any atom is -0.494 e. The van der Waals surface area contributed by atoms with Gasteiger partial charge in [-0.25, -0.2) is 4.39 Å². The molecule has 0 aromatic heterocycles. The van der Waals surface area contributed by atoms with Crippen LogP contribution in [0.3, 0.4) is 0 Å². The number of ketones is 1. The third kappa shape index (κ3) is 4.60. The van der Waals surface area contributed by atoms with Crippen LogP contribution in [0, 0.1) is 11.2 Å². The molecule has 226 valence electrons. The van der Waals surface area contributed by atoms with E-state index in [9.17, 15) is 4.79 Å². The number of carbonyl (C=O) groups is 1. The molecule has 2 bridgehead atoms. The van der Waals surface area contributed by atoms with Gasteiger partial charge in [0.05, 0.1) is 55.9 Å². The van der Waals surface area contributed by atoms with Crippen molar-refractivity contribution in [2.45, 2.75) is 83.5 Å². The Kier molecular flexibility index (Phi) is 7.15. The van der Waals surface area contributed by atoms with E-state index in [4.69, 9.17) is 24.4 Å². The zero-order valence-corrected chi connectivity index (χ0v) is 25.6. The highest BCUT2D eigenvalue weighted by atomic mass is 19.1. The smallest absolute Gasteiger partial charge is 0.197 e. The molecule has 3 fully saturated rings. The third-order valence-electron chi connectivity index (χ3n) is 9.11. The van der Waals surface area contributed by atoms with Crippen molar-refractivity contribution in [3.63, 3.8) is 0 Å². The Labute approximate surface area is 247 Å². The summed E-state index contributed by atoms with van der Waals surface area (Å²) in [6.07, 6.45) is 3.93. The highest BCUT2D eigenvalue weighted by Gasteiger charge is 2.58. The second-order valence-electron chi connectivity index (χ2n) is 12.9. The van der Waals surface area contributed by atoms with Gasteiger partial charge in [0.1, 0.15) is 11.6 Å². The molecule has 2 aromatic rings. The van der Waals surface area contributed by atoms with Crippen molar-refractivity contribution in [1.29, 1.82) is 5.41 Å². The third-order valence-corrected chi connectivity index (χ3v) is 9.11. The highest BCUT2D eigenvalue weighted by molar-refractivity contribution is 6.08. The highest BCUT2D eigenvalue weighted by Crippen LogP contribution is 2.59. The maximum absolute atomic E-state index is 15.9. The lowest BCUT2D eigenvalue weighted by molar-refractivity contribution is 0.0303. The largest absolute Gasteiger partial charge is 0.494 e. The SMILES string of the molecule is CCOc1cc2c(c(F)c1OCC)C(=N)N(CC(=O)c1cc(N3CC4CCC(C3)O4)c(OC)c(C(C)(C)C)c1)C21CC1. The number of anilines is 1. The van der Waals surface area contributed by atoms with Crippen molar-refractivity contribution < 1.29 is 28.1 Å². The first-order valence-corrected chi connectivity index (χ1v) is 15.2. The molecular formula is C33H42FN3O5. The van der Waals surface area contributed by atoms with Crippen LogP contribution in [-0.2, 0) is 15.7 Å². The van der Waals surface area contributed by atoms with Crippen LogP contribution in [0.25, 0.3) is 0 Å². The van der Waals surface area contributed by atoms with Crippen LogP contribution in [0.2, 0.25) is 0 Å². The number of amidine groups is 1. The summed E-state index contributed by atoms with van der Waals surface area (Å²) in [5.74, 6) is 0.478. The van der Waals surface area contributed by atoms with Gasteiger partial charge < -0.3 is 28.7 Å². The van der Waals surface area contributed by atoms with Crippen LogP contribution in [0.4, 0.5) is 10.1 Å². The van der Waals surface area contributed by atoms with Gasteiger partial charge in [-0.3, -0.25) is 10.2 Å². The summed E-state index contributed by atoms with van der Waals surface area (Å²) >= 11 is 0. The van der Waals surface area contributed by atoms with Gasteiger partial charge in [-0.05, 0) is 68.7 Å². The number of nitrogens with zero attached hydrogens (tertiary/aromatic N) is 2. The minimum absolute atomic E-state index is 0.0203. The van der Waals surface area contributed by atoms with E-state index < -0.39 is 11.4 Å². The number of benzene rings is 2. The second-order valence-corrected chi connectivity index (χ2v) is 12.9. The molecule has 2 unspecified atom stereocenters. The monoisotopic (exact) mass is 579 g/mol. The Bertz CT molecular complexity index is 1420. The molecule has 42 heavy (non-hydrogen) atoms. The summed E-state index contributed by atoms with van der Waals surface area (Å²) in [5.41, 5.74) is 2.50. The minimum atomic E-state index is -0.590. The van der Waals surface area contributed by atoms with Gasteiger partial charge in [-0.1, -0.05) is 20.8 Å². The number of ether oxygens (including phenoxy) is 4. The molecule has 0 amide bonds. The lowest BCUT2D eigenvalue weighted by Crippen LogP contribution is -2.43. The maximum Gasteiger partial charge on any atom is 0.197 e. The van der Waals surface area contributed by atoms with Crippen molar-refractivity contribution in [3.05, 3.63) is 46.3 Å². The van der Waals surface area contributed by atoms with E-state index in [1.807, 2.05) is 25.1 Å². The van der Waals surface area contributed by atoms with E-state index in [0.717, 1.165) is 55.8 Å². The average molecular weight is 580 g/mol. The van der Waals surface area contributed by atoms with Crippen LogP contribution < -0.4 is 19.1 Å². The molecule has 1 aliphatic carbocycles. The van der Waals surface area contributed by atoms with Gasteiger partial charge in [0.25, 0.3) is 0 Å². The molecule has 1 spiro atoms. The van der Waals surface area contributed by atoms with Gasteiger partial charge >= 0.3 is 0 Å². The van der Waals surface area contributed by atoms with Crippen molar-refractivity contribution in [2.75, 3.05) is 44.9 Å². The van der Waals surface area contributed by atoms with Gasteiger partial charge in [0.15, 0.2) is 23.1 Å². The standard InChI is InChI=1S/C33H42FN3O5/c1-7-40-26-15-22-27(28(34)30(26)41-8-2)31(35)37(33(22)11-12-33)18-25(38)19-13-23(32(3,4)5)29(39-6)24(14-19)36-16-20-9-10-21(17-36)42-20/h13-15,20-21,35H,7-12,16-18H2,1-6H3. The number of carbonyl (C=O) groups excluding carboxylic acids is 1. The molecule has 2 saturated heterocycles. The van der Waals surface area contributed by atoms with Crippen molar-refractivity contribution in [3.8, 4) is 17.2 Å². The Balaban J connectivity index is 1.37. The summed E-state index contributed by atoms with van der Waals surface area (Å²) in [5, 5.41) is 9.04. The number of Topliss-reactive ketones (excluding diaryl/α,β-unsaturated/α-hetero) is 1. The summed E-state index contributed by atoms with van der Waals surface area (Å²) in [7, 11) is 1.69. The Hall–Kier alpha value is -3.33. The van der Waals surface area contributed by atoms with E-state index >= 15 is 4.39 Å². The molecule has 6 rings (SSSR count). The first kappa shape index (κ1) is 28.8. The topological polar surface area (TPSA) is 84.3 Å². The second kappa shape index (κ2) is 10.4. The Morgan fingerprint density at radius 1 is 1.07 bits per heavy atom. The lowest BCUT2D eigenvalue weighted by Gasteiger charge is -2.36. The number of hydrogen-bond donors (Lipinski definition) is 1. The predicted octanol–water partition coefficient (Wildman–Crippen LogP) is 5.81. The molecule has 2 aromatic carbocycles. The van der Waals surface area contributed by atoms with Crippen LogP contribution in [-0.4, -0.2) is 68.7 Å². The number of fused-ring (bicyclic) bond motifs is 4. The summed E-state index contributed by atoms with van der Waals surface area (Å²) in [6, 6.07) is 5.69. The van der Waals surface area contributed by atoms with Gasteiger partial charge in [0.2, 0.25) is 0 Å². The number of halogens is 1. The van der Waals surface area contributed by atoms with Crippen molar-refractivity contribution in [2.24, 2.45) is 0 Å².